The molecular formula is C15H13F3N4OS2. The van der Waals surface area contributed by atoms with E-state index in [1.165, 1.54) is 30.5 Å². The highest BCUT2D eigenvalue weighted by Gasteiger charge is 2.35. The number of halogens is 3. The van der Waals surface area contributed by atoms with Gasteiger partial charge < -0.3 is 10.5 Å². The van der Waals surface area contributed by atoms with Crippen LogP contribution in [0, 0.1) is 0 Å². The fourth-order valence-corrected chi connectivity index (χ4v) is 4.50. The second kappa shape index (κ2) is 7.14. The summed E-state index contributed by atoms with van der Waals surface area (Å²) in [6.07, 6.45) is -0.394. The van der Waals surface area contributed by atoms with Crippen LogP contribution in [0.4, 0.5) is 18.9 Å². The second-order valence-corrected chi connectivity index (χ2v) is 7.37. The minimum atomic E-state index is -4.55. The molecule has 0 spiro atoms. The van der Waals surface area contributed by atoms with Gasteiger partial charge in [-0.2, -0.15) is 13.2 Å². The predicted octanol–water partition coefficient (Wildman–Crippen LogP) is 4.09. The molecule has 0 fully saturated rings. The summed E-state index contributed by atoms with van der Waals surface area (Å²) in [5.74, 6) is 0.592. The van der Waals surface area contributed by atoms with Gasteiger partial charge in [0, 0.05) is 36.2 Å². The van der Waals surface area contributed by atoms with Crippen LogP contribution in [0.2, 0.25) is 0 Å². The highest BCUT2D eigenvalue weighted by atomic mass is 32.2. The average molecular weight is 386 g/mol. The van der Waals surface area contributed by atoms with E-state index in [9.17, 15) is 13.2 Å². The topological polar surface area (TPSA) is 73.9 Å². The number of nitrogens with zero attached hydrogens (tertiary/aromatic N) is 3. The number of methoxy groups -OCH3 is 1. The van der Waals surface area contributed by atoms with Crippen molar-refractivity contribution in [2.45, 2.75) is 10.4 Å². The maximum atomic E-state index is 13.6. The number of thiophene rings is 1. The van der Waals surface area contributed by atoms with Crippen molar-refractivity contribution in [3.63, 3.8) is 0 Å². The van der Waals surface area contributed by atoms with Crippen LogP contribution in [0.1, 0.15) is 5.56 Å². The summed E-state index contributed by atoms with van der Waals surface area (Å²) < 4.78 is 46.3. The molecule has 0 unspecified atom stereocenters. The Morgan fingerprint density at radius 3 is 2.64 bits per heavy atom. The molecule has 0 amide bonds. The maximum Gasteiger partial charge on any atom is 0.417 e. The minimum Gasteiger partial charge on any atom is -0.397 e. The molecule has 3 aromatic rings. The van der Waals surface area contributed by atoms with E-state index in [0.29, 0.717) is 22.1 Å². The van der Waals surface area contributed by atoms with Crippen LogP contribution in [-0.4, -0.2) is 34.4 Å². The summed E-state index contributed by atoms with van der Waals surface area (Å²) in [5.41, 5.74) is 5.87. The van der Waals surface area contributed by atoms with Crippen molar-refractivity contribution in [3.05, 3.63) is 30.4 Å². The zero-order chi connectivity index (χ0) is 18.0. The summed E-state index contributed by atoms with van der Waals surface area (Å²) in [5, 5.41) is -0.0574. The molecule has 0 bridgehead atoms. The largest absolute Gasteiger partial charge is 0.417 e. The number of rotatable bonds is 5. The number of alkyl halides is 3. The number of ether oxygens (including phenoxy) is 1. The molecule has 3 heterocycles. The number of thioether (sulfide) groups is 1. The predicted molar refractivity (Wildman–Crippen MR) is 92.7 cm³/mol. The number of pyridine rings is 1. The molecule has 3 aromatic heterocycles. The lowest BCUT2D eigenvalue weighted by Crippen LogP contribution is -2.07. The standard InChI is InChI=1S/C15H13F3N4OS2/c1-23-2-3-24-14-12(19)11-9(15(16,17)18)4-10(22-13(11)25-14)8-5-20-7-21-6-8/h4-7H,2-3,19H2,1H3. The lowest BCUT2D eigenvalue weighted by molar-refractivity contribution is -0.136. The van der Waals surface area contributed by atoms with Crippen molar-refractivity contribution >= 4 is 39.0 Å². The third-order valence-corrected chi connectivity index (χ3v) is 5.70. The Balaban J connectivity index is 2.17. The number of fused-ring (bicyclic) bond motifs is 1. The molecule has 10 heteroatoms. The lowest BCUT2D eigenvalue weighted by Gasteiger charge is -2.11. The average Bonchev–Trinajstić information content (AvgIpc) is 2.90. The smallest absolute Gasteiger partial charge is 0.397 e. The van der Waals surface area contributed by atoms with Crippen LogP contribution >= 0.6 is 23.1 Å². The molecule has 0 saturated carbocycles. The Hall–Kier alpha value is -1.91. The zero-order valence-corrected chi connectivity index (χ0v) is 14.6. The van der Waals surface area contributed by atoms with E-state index in [-0.39, 0.29) is 21.6 Å². The summed E-state index contributed by atoms with van der Waals surface area (Å²) in [6.45, 7) is 0.477. The first-order chi connectivity index (χ1) is 11.9. The van der Waals surface area contributed by atoms with E-state index in [1.54, 1.807) is 7.11 Å². The van der Waals surface area contributed by atoms with Crippen molar-refractivity contribution in [2.75, 3.05) is 25.2 Å². The second-order valence-electron chi connectivity index (χ2n) is 5.00. The van der Waals surface area contributed by atoms with E-state index >= 15 is 0 Å². The Kier molecular flexibility index (Phi) is 5.11. The van der Waals surface area contributed by atoms with Gasteiger partial charge in [-0.05, 0) is 6.07 Å². The highest BCUT2D eigenvalue weighted by Crippen LogP contribution is 2.46. The van der Waals surface area contributed by atoms with Gasteiger partial charge in [0.1, 0.15) is 11.2 Å². The number of nitrogen functional groups attached to an aromatic ring is 1. The first kappa shape index (κ1) is 17.9. The SMILES string of the molecule is COCCSc1sc2nc(-c3cncnc3)cc(C(F)(F)F)c2c1N. The minimum absolute atomic E-state index is 0.0574. The van der Waals surface area contributed by atoms with Gasteiger partial charge in [0.2, 0.25) is 0 Å². The van der Waals surface area contributed by atoms with Crippen molar-refractivity contribution < 1.29 is 17.9 Å². The molecule has 3 rings (SSSR count). The number of nitrogens with two attached hydrogens (primary N) is 1. The quantitative estimate of drug-likeness (QED) is 0.526. The Morgan fingerprint density at radius 1 is 1.28 bits per heavy atom. The van der Waals surface area contributed by atoms with Crippen molar-refractivity contribution in [3.8, 4) is 11.3 Å². The Bertz CT molecular complexity index is 884. The number of hydrogen-bond acceptors (Lipinski definition) is 7. The Morgan fingerprint density at radius 2 is 2.00 bits per heavy atom. The summed E-state index contributed by atoms with van der Waals surface area (Å²) >= 11 is 2.50. The van der Waals surface area contributed by atoms with Gasteiger partial charge in [0.05, 0.1) is 27.8 Å². The third kappa shape index (κ3) is 3.70. The third-order valence-electron chi connectivity index (χ3n) is 3.35. The molecular weight excluding hydrogens is 373 g/mol. The molecule has 0 aliphatic carbocycles. The molecule has 2 N–H and O–H groups in total. The number of anilines is 1. The summed E-state index contributed by atoms with van der Waals surface area (Å²) in [6, 6.07) is 0.994. The molecule has 132 valence electrons. The summed E-state index contributed by atoms with van der Waals surface area (Å²) in [7, 11) is 1.56. The van der Waals surface area contributed by atoms with Crippen molar-refractivity contribution in [1.82, 2.24) is 15.0 Å². The van der Waals surface area contributed by atoms with Crippen LogP contribution in [0.5, 0.6) is 0 Å². The van der Waals surface area contributed by atoms with Gasteiger partial charge in [-0.3, -0.25) is 0 Å². The van der Waals surface area contributed by atoms with Gasteiger partial charge in [0.25, 0.3) is 0 Å². The van der Waals surface area contributed by atoms with Crippen LogP contribution in [0.25, 0.3) is 21.5 Å². The van der Waals surface area contributed by atoms with Gasteiger partial charge >= 0.3 is 6.18 Å². The Labute approximate surface area is 149 Å². The van der Waals surface area contributed by atoms with Gasteiger partial charge in [-0.25, -0.2) is 15.0 Å². The molecule has 0 atom stereocenters. The normalized spacial score (nSPS) is 12.0. The van der Waals surface area contributed by atoms with E-state index in [2.05, 4.69) is 15.0 Å². The van der Waals surface area contributed by atoms with Crippen LogP contribution in [-0.2, 0) is 10.9 Å². The molecule has 0 saturated heterocycles. The maximum absolute atomic E-state index is 13.6. The highest BCUT2D eigenvalue weighted by molar-refractivity contribution is 8.01. The molecule has 0 aliphatic rings. The van der Waals surface area contributed by atoms with E-state index in [1.807, 2.05) is 0 Å². The monoisotopic (exact) mass is 386 g/mol. The van der Waals surface area contributed by atoms with E-state index < -0.39 is 11.7 Å². The van der Waals surface area contributed by atoms with Crippen LogP contribution in [0.15, 0.2) is 29.0 Å². The molecule has 25 heavy (non-hydrogen) atoms. The molecule has 0 aromatic carbocycles. The number of aromatic nitrogens is 3. The fraction of sp³-hybridized carbons (Fsp3) is 0.267. The first-order valence-electron chi connectivity index (χ1n) is 7.09. The number of hydrogen-bond donors (Lipinski definition) is 1. The molecule has 0 radical (unpaired) electrons. The van der Waals surface area contributed by atoms with Gasteiger partial charge in [-0.1, -0.05) is 0 Å². The van der Waals surface area contributed by atoms with Gasteiger partial charge in [0.15, 0.2) is 0 Å². The fourth-order valence-electron chi connectivity index (χ4n) is 2.23. The van der Waals surface area contributed by atoms with E-state index in [4.69, 9.17) is 10.5 Å². The van der Waals surface area contributed by atoms with Crippen molar-refractivity contribution in [1.29, 1.82) is 0 Å². The van der Waals surface area contributed by atoms with E-state index in [0.717, 1.165) is 17.4 Å². The molecule has 5 nitrogen and oxygen atoms in total. The lowest BCUT2D eigenvalue weighted by atomic mass is 10.1. The zero-order valence-electron chi connectivity index (χ0n) is 13.0. The van der Waals surface area contributed by atoms with Crippen LogP contribution in [0.3, 0.4) is 0 Å². The van der Waals surface area contributed by atoms with Crippen LogP contribution < -0.4 is 5.73 Å². The first-order valence-corrected chi connectivity index (χ1v) is 8.89. The summed E-state index contributed by atoms with van der Waals surface area (Å²) in [4.78, 5) is 12.3. The van der Waals surface area contributed by atoms with Crippen molar-refractivity contribution in [2.24, 2.45) is 0 Å². The van der Waals surface area contributed by atoms with Gasteiger partial charge in [-0.15, -0.1) is 23.1 Å². The molecule has 0 aliphatic heterocycles.